The maximum atomic E-state index is 2.86. The fourth-order valence-corrected chi connectivity index (χ4v) is 6.36. The molecule has 5 atom stereocenters. The van der Waals surface area contributed by atoms with Gasteiger partial charge in [-0.25, -0.2) is 0 Å². The van der Waals surface area contributed by atoms with Crippen molar-refractivity contribution in [2.45, 2.75) is 65.5 Å². The molecule has 3 aliphatic carbocycles. The molecule has 1 aliphatic heterocycles. The van der Waals surface area contributed by atoms with E-state index in [4.69, 9.17) is 0 Å². The van der Waals surface area contributed by atoms with Crippen LogP contribution in [0.5, 0.6) is 0 Å². The summed E-state index contributed by atoms with van der Waals surface area (Å²) >= 11 is 0. The van der Waals surface area contributed by atoms with Gasteiger partial charge in [-0.2, -0.15) is 0 Å². The average Bonchev–Trinajstić information content (AvgIpc) is 2.71. The number of likely N-dealkylation sites (tertiary alicyclic amines) is 1. The zero-order valence-corrected chi connectivity index (χ0v) is 12.5. The second-order valence-corrected chi connectivity index (χ2v) is 8.44. The van der Waals surface area contributed by atoms with Crippen LogP contribution in [0, 0.1) is 35.0 Å². The van der Waals surface area contributed by atoms with Gasteiger partial charge in [0.05, 0.1) is 0 Å². The first kappa shape index (κ1) is 11.8. The smallest absolute Gasteiger partial charge is 0.0155 e. The highest BCUT2D eigenvalue weighted by atomic mass is 15.2. The van der Waals surface area contributed by atoms with Crippen molar-refractivity contribution < 1.29 is 0 Å². The summed E-state index contributed by atoms with van der Waals surface area (Å²) in [5.74, 6) is 5.19. The van der Waals surface area contributed by atoms with E-state index < -0.39 is 0 Å². The van der Waals surface area contributed by atoms with Crippen LogP contribution in [0.2, 0.25) is 0 Å². The number of nitrogens with zero attached hydrogens (tertiary/aromatic N) is 1. The third-order valence-electron chi connectivity index (χ3n) is 7.01. The van der Waals surface area contributed by atoms with Crippen LogP contribution in [0.1, 0.15) is 53.4 Å². The van der Waals surface area contributed by atoms with Gasteiger partial charge in [-0.3, -0.25) is 4.90 Å². The number of hydrogen-bond acceptors (Lipinski definition) is 1. The second kappa shape index (κ2) is 3.53. The highest BCUT2D eigenvalue weighted by Gasteiger charge is 2.68. The minimum absolute atomic E-state index is 0.748. The molecule has 102 valence electrons. The van der Waals surface area contributed by atoms with Gasteiger partial charge in [0, 0.05) is 18.6 Å². The Morgan fingerprint density at radius 3 is 2.39 bits per heavy atom. The minimum atomic E-state index is 0.748. The molecule has 1 heterocycles. The largest absolute Gasteiger partial charge is 0.297 e. The lowest BCUT2D eigenvalue weighted by Crippen LogP contribution is -2.42. The molecular formula is C17H29N. The quantitative estimate of drug-likeness (QED) is 0.717. The third kappa shape index (κ3) is 1.32. The Kier molecular flexibility index (Phi) is 2.31. The minimum Gasteiger partial charge on any atom is -0.297 e. The number of fused-ring (bicyclic) bond motifs is 6. The zero-order valence-electron chi connectivity index (χ0n) is 12.5. The zero-order chi connectivity index (χ0) is 12.7. The lowest BCUT2D eigenvalue weighted by molar-refractivity contribution is 0.114. The molecule has 1 spiro atoms. The van der Waals surface area contributed by atoms with Gasteiger partial charge in [-0.15, -0.1) is 0 Å². The molecule has 0 aromatic carbocycles. The highest BCUT2D eigenvalue weighted by molar-refractivity contribution is 5.18. The first-order valence-electron chi connectivity index (χ1n) is 8.29. The van der Waals surface area contributed by atoms with E-state index in [0.29, 0.717) is 0 Å². The molecule has 0 radical (unpaired) electrons. The fraction of sp³-hybridized carbons (Fsp3) is 1.00. The molecular weight excluding hydrogens is 218 g/mol. The van der Waals surface area contributed by atoms with Gasteiger partial charge in [0.25, 0.3) is 0 Å². The van der Waals surface area contributed by atoms with Crippen LogP contribution in [-0.4, -0.2) is 23.5 Å². The Bertz CT molecular complexity index is 355. The fourth-order valence-electron chi connectivity index (χ4n) is 6.36. The first-order valence-corrected chi connectivity index (χ1v) is 8.29. The van der Waals surface area contributed by atoms with Crippen molar-refractivity contribution >= 4 is 0 Å². The average molecular weight is 247 g/mol. The van der Waals surface area contributed by atoms with Gasteiger partial charge in [-0.1, -0.05) is 13.8 Å². The van der Waals surface area contributed by atoms with E-state index in [9.17, 15) is 0 Å². The Labute approximate surface area is 112 Å². The summed E-state index contributed by atoms with van der Waals surface area (Å²) in [6.45, 7) is 11.2. The van der Waals surface area contributed by atoms with Gasteiger partial charge in [0.1, 0.15) is 0 Å². The molecule has 3 saturated carbocycles. The Hall–Kier alpha value is -0.0400. The standard InChI is InChI=1S/C17H29N/c1-10(2)16-15-12-7-14(17(8-12)5-6-17)13(15)9-18(16)11(3)4/h10-16H,5-9H2,1-4H3/t12?,13?,14?,15-,16?/m1/s1. The molecule has 0 aromatic heterocycles. The van der Waals surface area contributed by atoms with Crippen molar-refractivity contribution in [2.24, 2.45) is 35.0 Å². The Morgan fingerprint density at radius 1 is 1.11 bits per heavy atom. The molecule has 1 saturated heterocycles. The summed E-state index contributed by atoms with van der Waals surface area (Å²) < 4.78 is 0. The summed E-state index contributed by atoms with van der Waals surface area (Å²) in [6, 6.07) is 1.64. The van der Waals surface area contributed by atoms with E-state index in [0.717, 1.165) is 47.1 Å². The molecule has 1 nitrogen and oxygen atoms in total. The van der Waals surface area contributed by atoms with Crippen LogP contribution in [0.15, 0.2) is 0 Å². The van der Waals surface area contributed by atoms with Crippen LogP contribution in [0.3, 0.4) is 0 Å². The summed E-state index contributed by atoms with van der Waals surface area (Å²) in [6.07, 6.45) is 6.36. The van der Waals surface area contributed by atoms with Gasteiger partial charge in [0.15, 0.2) is 0 Å². The van der Waals surface area contributed by atoms with Gasteiger partial charge in [-0.05, 0) is 74.5 Å². The molecule has 18 heavy (non-hydrogen) atoms. The predicted octanol–water partition coefficient (Wildman–Crippen LogP) is 3.79. The van der Waals surface area contributed by atoms with Gasteiger partial charge < -0.3 is 0 Å². The molecule has 0 amide bonds. The molecule has 1 heteroatoms. The summed E-state index contributed by atoms with van der Waals surface area (Å²) in [7, 11) is 0. The lowest BCUT2D eigenvalue weighted by Gasteiger charge is -2.37. The van der Waals surface area contributed by atoms with Crippen molar-refractivity contribution in [3.05, 3.63) is 0 Å². The van der Waals surface area contributed by atoms with Crippen LogP contribution >= 0.6 is 0 Å². The summed E-state index contributed by atoms with van der Waals surface area (Å²) in [5, 5.41) is 0. The molecule has 0 N–H and O–H groups in total. The molecule has 0 aromatic rings. The Balaban J connectivity index is 1.65. The van der Waals surface area contributed by atoms with E-state index in [1.165, 1.54) is 6.54 Å². The van der Waals surface area contributed by atoms with E-state index >= 15 is 0 Å². The monoisotopic (exact) mass is 247 g/mol. The van der Waals surface area contributed by atoms with Crippen molar-refractivity contribution in [2.75, 3.05) is 6.54 Å². The highest BCUT2D eigenvalue weighted by Crippen LogP contribution is 2.73. The van der Waals surface area contributed by atoms with Crippen molar-refractivity contribution in [1.29, 1.82) is 0 Å². The molecule has 4 rings (SSSR count). The van der Waals surface area contributed by atoms with E-state index in [2.05, 4.69) is 32.6 Å². The van der Waals surface area contributed by atoms with E-state index in [1.54, 1.807) is 25.7 Å². The second-order valence-electron chi connectivity index (χ2n) is 8.44. The maximum Gasteiger partial charge on any atom is 0.0155 e. The summed E-state index contributed by atoms with van der Waals surface area (Å²) in [5.41, 5.74) is 0.875. The van der Waals surface area contributed by atoms with Crippen molar-refractivity contribution in [3.8, 4) is 0 Å². The lowest BCUT2D eigenvalue weighted by atomic mass is 9.70. The number of rotatable bonds is 2. The molecule has 4 aliphatic rings. The predicted molar refractivity (Wildman–Crippen MR) is 75.3 cm³/mol. The third-order valence-corrected chi connectivity index (χ3v) is 7.01. The van der Waals surface area contributed by atoms with Crippen LogP contribution < -0.4 is 0 Å². The van der Waals surface area contributed by atoms with Crippen LogP contribution in [0.25, 0.3) is 0 Å². The summed E-state index contributed by atoms with van der Waals surface area (Å²) in [4.78, 5) is 2.86. The first-order chi connectivity index (χ1) is 8.53. The number of hydrogen-bond donors (Lipinski definition) is 0. The SMILES string of the molecule is CC(C)C1[C@@H]2C3CC(C2CN1C(C)C)C1(CC1)C3. The van der Waals surface area contributed by atoms with E-state index in [-0.39, 0.29) is 0 Å². The maximum absolute atomic E-state index is 2.86. The van der Waals surface area contributed by atoms with Gasteiger partial charge >= 0.3 is 0 Å². The van der Waals surface area contributed by atoms with Crippen LogP contribution in [-0.2, 0) is 0 Å². The van der Waals surface area contributed by atoms with Gasteiger partial charge in [0.2, 0.25) is 0 Å². The Morgan fingerprint density at radius 2 is 1.83 bits per heavy atom. The molecule has 2 bridgehead atoms. The molecule has 4 unspecified atom stereocenters. The molecule has 4 fully saturated rings. The van der Waals surface area contributed by atoms with E-state index in [1.807, 2.05) is 0 Å². The van der Waals surface area contributed by atoms with Crippen molar-refractivity contribution in [3.63, 3.8) is 0 Å². The van der Waals surface area contributed by atoms with Crippen molar-refractivity contribution in [1.82, 2.24) is 4.90 Å². The topological polar surface area (TPSA) is 3.24 Å². The normalized spacial score (nSPS) is 48.7. The van der Waals surface area contributed by atoms with Crippen LogP contribution in [0.4, 0.5) is 0 Å².